The van der Waals surface area contributed by atoms with Crippen LogP contribution in [0.1, 0.15) is 31.9 Å². The van der Waals surface area contributed by atoms with Crippen LogP contribution in [0.2, 0.25) is 0 Å². The van der Waals surface area contributed by atoms with Gasteiger partial charge in [0.1, 0.15) is 5.82 Å². The van der Waals surface area contributed by atoms with Gasteiger partial charge in [0.05, 0.1) is 0 Å². The lowest BCUT2D eigenvalue weighted by atomic mass is 9.84. The van der Waals surface area contributed by atoms with Crippen molar-refractivity contribution in [2.75, 3.05) is 0 Å². The van der Waals surface area contributed by atoms with E-state index in [4.69, 9.17) is 0 Å². The topological polar surface area (TPSA) is 0 Å². The van der Waals surface area contributed by atoms with E-state index < -0.39 is 0 Å². The van der Waals surface area contributed by atoms with Crippen LogP contribution in [0.4, 0.5) is 4.39 Å². The van der Waals surface area contributed by atoms with Gasteiger partial charge in [-0.15, -0.1) is 0 Å². The Morgan fingerprint density at radius 3 is 2.17 bits per heavy atom. The molecule has 0 aliphatic heterocycles. The number of hydrogen-bond donors (Lipinski definition) is 0. The SMILES string of the molecule is Cc1cc(F)ccc1C(C)(C)C. The third kappa shape index (κ3) is 1.84. The first-order valence-corrected chi connectivity index (χ1v) is 4.18. The summed E-state index contributed by atoms with van der Waals surface area (Å²) in [7, 11) is 0. The van der Waals surface area contributed by atoms with Crippen LogP contribution in [0.3, 0.4) is 0 Å². The van der Waals surface area contributed by atoms with Gasteiger partial charge in [-0.1, -0.05) is 26.8 Å². The van der Waals surface area contributed by atoms with E-state index in [1.165, 1.54) is 11.6 Å². The predicted molar refractivity (Wildman–Crippen MR) is 49.8 cm³/mol. The van der Waals surface area contributed by atoms with Gasteiger partial charge in [-0.2, -0.15) is 0 Å². The van der Waals surface area contributed by atoms with Gasteiger partial charge < -0.3 is 0 Å². The zero-order chi connectivity index (χ0) is 9.35. The Morgan fingerprint density at radius 2 is 1.75 bits per heavy atom. The Kier molecular flexibility index (Phi) is 2.22. The molecule has 0 heterocycles. The zero-order valence-corrected chi connectivity index (χ0v) is 8.11. The van der Waals surface area contributed by atoms with Gasteiger partial charge in [0, 0.05) is 0 Å². The fourth-order valence-electron chi connectivity index (χ4n) is 1.47. The molecule has 0 atom stereocenters. The first-order chi connectivity index (χ1) is 5.41. The van der Waals surface area contributed by atoms with E-state index in [0.717, 1.165) is 5.56 Å². The zero-order valence-electron chi connectivity index (χ0n) is 8.11. The van der Waals surface area contributed by atoms with E-state index in [0.29, 0.717) is 0 Å². The van der Waals surface area contributed by atoms with Crippen molar-refractivity contribution in [1.82, 2.24) is 0 Å². The fraction of sp³-hybridized carbons (Fsp3) is 0.455. The molecule has 0 amide bonds. The van der Waals surface area contributed by atoms with Crippen molar-refractivity contribution >= 4 is 0 Å². The monoisotopic (exact) mass is 166 g/mol. The van der Waals surface area contributed by atoms with Crippen LogP contribution in [0.5, 0.6) is 0 Å². The van der Waals surface area contributed by atoms with E-state index in [2.05, 4.69) is 20.8 Å². The molecule has 0 aliphatic rings. The molecule has 12 heavy (non-hydrogen) atoms. The van der Waals surface area contributed by atoms with E-state index in [1.807, 2.05) is 13.0 Å². The molecule has 0 unspecified atom stereocenters. The Balaban J connectivity index is 3.19. The Morgan fingerprint density at radius 1 is 1.17 bits per heavy atom. The molecule has 1 aromatic carbocycles. The normalized spacial score (nSPS) is 11.8. The third-order valence-corrected chi connectivity index (χ3v) is 2.00. The van der Waals surface area contributed by atoms with Crippen molar-refractivity contribution in [1.29, 1.82) is 0 Å². The smallest absolute Gasteiger partial charge is 0.123 e. The molecule has 0 N–H and O–H groups in total. The molecule has 0 saturated heterocycles. The summed E-state index contributed by atoms with van der Waals surface area (Å²) in [4.78, 5) is 0. The summed E-state index contributed by atoms with van der Waals surface area (Å²) >= 11 is 0. The summed E-state index contributed by atoms with van der Waals surface area (Å²) in [5.41, 5.74) is 2.35. The molecule has 1 rings (SSSR count). The van der Waals surface area contributed by atoms with Crippen molar-refractivity contribution in [3.05, 3.63) is 35.1 Å². The first-order valence-electron chi connectivity index (χ1n) is 4.18. The third-order valence-electron chi connectivity index (χ3n) is 2.00. The molecular weight excluding hydrogens is 151 g/mol. The Bertz CT molecular complexity index is 282. The highest BCUT2D eigenvalue weighted by Crippen LogP contribution is 2.25. The Labute approximate surface area is 73.4 Å². The van der Waals surface area contributed by atoms with Crippen molar-refractivity contribution in [3.8, 4) is 0 Å². The summed E-state index contributed by atoms with van der Waals surface area (Å²) in [5.74, 6) is -0.152. The van der Waals surface area contributed by atoms with Gasteiger partial charge in [0.25, 0.3) is 0 Å². The number of benzene rings is 1. The lowest BCUT2D eigenvalue weighted by molar-refractivity contribution is 0.578. The molecule has 66 valence electrons. The molecule has 0 aromatic heterocycles. The fourth-order valence-corrected chi connectivity index (χ4v) is 1.47. The van der Waals surface area contributed by atoms with E-state index in [-0.39, 0.29) is 11.2 Å². The second kappa shape index (κ2) is 2.89. The van der Waals surface area contributed by atoms with Crippen LogP contribution in [0.15, 0.2) is 18.2 Å². The van der Waals surface area contributed by atoms with Crippen LogP contribution in [-0.2, 0) is 5.41 Å². The van der Waals surface area contributed by atoms with Gasteiger partial charge in [-0.05, 0) is 35.6 Å². The quantitative estimate of drug-likeness (QED) is 0.554. The lowest BCUT2D eigenvalue weighted by Crippen LogP contribution is -2.12. The second-order valence-corrected chi connectivity index (χ2v) is 4.21. The number of halogens is 1. The minimum absolute atomic E-state index is 0.109. The van der Waals surface area contributed by atoms with E-state index in [1.54, 1.807) is 6.07 Å². The van der Waals surface area contributed by atoms with Crippen LogP contribution in [0, 0.1) is 12.7 Å². The summed E-state index contributed by atoms with van der Waals surface area (Å²) in [6, 6.07) is 4.97. The molecule has 1 aromatic rings. The van der Waals surface area contributed by atoms with E-state index in [9.17, 15) is 4.39 Å². The second-order valence-electron chi connectivity index (χ2n) is 4.21. The molecule has 0 nitrogen and oxygen atoms in total. The molecule has 0 bridgehead atoms. The first kappa shape index (κ1) is 9.24. The van der Waals surface area contributed by atoms with Crippen molar-refractivity contribution in [2.24, 2.45) is 0 Å². The maximum absolute atomic E-state index is 12.7. The Hall–Kier alpha value is -0.850. The average molecular weight is 166 g/mol. The van der Waals surface area contributed by atoms with Gasteiger partial charge in [-0.3, -0.25) is 0 Å². The molecule has 0 saturated carbocycles. The molecule has 1 heteroatoms. The van der Waals surface area contributed by atoms with E-state index >= 15 is 0 Å². The largest absolute Gasteiger partial charge is 0.207 e. The molecule has 0 aliphatic carbocycles. The summed E-state index contributed by atoms with van der Waals surface area (Å²) in [6.45, 7) is 8.34. The molecule has 0 spiro atoms. The van der Waals surface area contributed by atoms with Gasteiger partial charge in [0.15, 0.2) is 0 Å². The predicted octanol–water partition coefficient (Wildman–Crippen LogP) is 3.43. The molecular formula is C11H15F. The summed E-state index contributed by atoms with van der Waals surface area (Å²) in [5, 5.41) is 0. The minimum atomic E-state index is -0.152. The maximum atomic E-state index is 12.7. The van der Waals surface area contributed by atoms with Gasteiger partial charge in [-0.25, -0.2) is 4.39 Å². The van der Waals surface area contributed by atoms with Crippen molar-refractivity contribution in [2.45, 2.75) is 33.1 Å². The number of rotatable bonds is 0. The maximum Gasteiger partial charge on any atom is 0.123 e. The van der Waals surface area contributed by atoms with Crippen LogP contribution in [0.25, 0.3) is 0 Å². The van der Waals surface area contributed by atoms with Crippen LogP contribution >= 0.6 is 0 Å². The van der Waals surface area contributed by atoms with Crippen molar-refractivity contribution < 1.29 is 4.39 Å². The average Bonchev–Trinajstić information content (AvgIpc) is 1.83. The highest BCUT2D eigenvalue weighted by molar-refractivity contribution is 5.31. The van der Waals surface area contributed by atoms with Crippen LogP contribution < -0.4 is 0 Å². The summed E-state index contributed by atoms with van der Waals surface area (Å²) < 4.78 is 12.7. The highest BCUT2D eigenvalue weighted by atomic mass is 19.1. The summed E-state index contributed by atoms with van der Waals surface area (Å²) in [6.07, 6.45) is 0. The van der Waals surface area contributed by atoms with Crippen molar-refractivity contribution in [3.63, 3.8) is 0 Å². The molecule has 0 radical (unpaired) electrons. The minimum Gasteiger partial charge on any atom is -0.207 e. The van der Waals surface area contributed by atoms with Gasteiger partial charge >= 0.3 is 0 Å². The highest BCUT2D eigenvalue weighted by Gasteiger charge is 2.15. The van der Waals surface area contributed by atoms with Gasteiger partial charge in [0.2, 0.25) is 0 Å². The lowest BCUT2D eigenvalue weighted by Gasteiger charge is -2.21. The standard InChI is InChI=1S/C11H15F/c1-8-7-9(12)5-6-10(8)11(2,3)4/h5-7H,1-4H3. The van der Waals surface area contributed by atoms with Crippen LogP contribution in [-0.4, -0.2) is 0 Å². The number of hydrogen-bond acceptors (Lipinski definition) is 0. The number of aryl methyl sites for hydroxylation is 1. The molecule has 0 fully saturated rings.